The lowest BCUT2D eigenvalue weighted by atomic mass is 9.93. The zero-order chi connectivity index (χ0) is 33.9. The van der Waals surface area contributed by atoms with Gasteiger partial charge in [-0.15, -0.1) is 0 Å². The number of aliphatic hydroxyl groups is 1. The van der Waals surface area contributed by atoms with Gasteiger partial charge in [-0.1, -0.05) is 92.7 Å². The molecule has 0 aliphatic rings. The van der Waals surface area contributed by atoms with E-state index in [1.807, 2.05) is 107 Å². The quantitative estimate of drug-likeness (QED) is 0.156. The molecule has 10 nitrogen and oxygen atoms in total. The van der Waals surface area contributed by atoms with Crippen LogP contribution in [0.2, 0.25) is 0 Å². The van der Waals surface area contributed by atoms with Crippen molar-refractivity contribution in [2.24, 2.45) is 5.92 Å². The Morgan fingerprint density at radius 1 is 0.830 bits per heavy atom. The normalized spacial score (nSPS) is 13.7. The van der Waals surface area contributed by atoms with Crippen LogP contribution >= 0.6 is 0 Å². The van der Waals surface area contributed by atoms with Crippen LogP contribution in [0.1, 0.15) is 48.6 Å². The molecule has 4 rings (SSSR count). The number of rotatable bonds is 15. The third-order valence-electron chi connectivity index (χ3n) is 8.11. The number of H-pyrrole nitrogens is 1. The van der Waals surface area contributed by atoms with E-state index in [1.165, 1.54) is 16.8 Å². The Kier molecular flexibility index (Phi) is 12.3. The SMILES string of the molecule is Cc1cccc(C)c1OCC(=O)NC(Cc1ccccc1)C(O)CC(Cc1ccccc1)NC(=O)C(C(C)C)n1ccc(=O)[nH]c1=O. The van der Waals surface area contributed by atoms with Crippen LogP contribution in [-0.4, -0.2) is 51.3 Å². The third kappa shape index (κ3) is 10.0. The third-order valence-corrected chi connectivity index (χ3v) is 8.11. The molecule has 0 saturated carbocycles. The summed E-state index contributed by atoms with van der Waals surface area (Å²) in [6.07, 6.45) is 1.13. The maximum atomic E-state index is 13.8. The Morgan fingerprint density at radius 2 is 1.43 bits per heavy atom. The van der Waals surface area contributed by atoms with Crippen molar-refractivity contribution in [3.05, 3.63) is 134 Å². The summed E-state index contributed by atoms with van der Waals surface area (Å²) < 4.78 is 7.09. The van der Waals surface area contributed by atoms with Gasteiger partial charge in [-0.05, 0) is 61.3 Å². The van der Waals surface area contributed by atoms with E-state index >= 15 is 0 Å². The van der Waals surface area contributed by atoms with Gasteiger partial charge in [0.2, 0.25) is 5.91 Å². The van der Waals surface area contributed by atoms with E-state index in [1.54, 1.807) is 0 Å². The number of nitrogens with zero attached hydrogens (tertiary/aromatic N) is 1. The van der Waals surface area contributed by atoms with Crippen LogP contribution in [-0.2, 0) is 22.4 Å². The number of aliphatic hydroxyl groups excluding tert-OH is 1. The minimum absolute atomic E-state index is 0.113. The van der Waals surface area contributed by atoms with Crippen LogP contribution < -0.4 is 26.6 Å². The second kappa shape index (κ2) is 16.6. The van der Waals surface area contributed by atoms with E-state index < -0.39 is 41.4 Å². The fourth-order valence-electron chi connectivity index (χ4n) is 5.80. The van der Waals surface area contributed by atoms with E-state index in [2.05, 4.69) is 15.6 Å². The largest absolute Gasteiger partial charge is 0.483 e. The first kappa shape index (κ1) is 34.9. The first-order valence-electron chi connectivity index (χ1n) is 15.9. The van der Waals surface area contributed by atoms with Gasteiger partial charge in [0.05, 0.1) is 12.1 Å². The second-order valence-electron chi connectivity index (χ2n) is 12.3. The van der Waals surface area contributed by atoms with Crippen molar-refractivity contribution >= 4 is 11.8 Å². The fourth-order valence-corrected chi connectivity index (χ4v) is 5.80. The zero-order valence-electron chi connectivity index (χ0n) is 27.3. The molecule has 4 unspecified atom stereocenters. The molecule has 4 atom stereocenters. The Morgan fingerprint density at radius 3 is 2.00 bits per heavy atom. The molecule has 4 N–H and O–H groups in total. The van der Waals surface area contributed by atoms with Crippen LogP contribution in [0.25, 0.3) is 0 Å². The number of hydrogen-bond donors (Lipinski definition) is 4. The summed E-state index contributed by atoms with van der Waals surface area (Å²) in [5.41, 5.74) is 2.47. The smallest absolute Gasteiger partial charge is 0.329 e. The number of hydrogen-bond acceptors (Lipinski definition) is 6. The average molecular weight is 641 g/mol. The molecule has 10 heteroatoms. The van der Waals surface area contributed by atoms with Gasteiger partial charge in [0, 0.05) is 18.3 Å². The highest BCUT2D eigenvalue weighted by molar-refractivity contribution is 5.81. The monoisotopic (exact) mass is 640 g/mol. The highest BCUT2D eigenvalue weighted by Crippen LogP contribution is 2.22. The molecule has 0 aliphatic heterocycles. The lowest BCUT2D eigenvalue weighted by molar-refractivity contribution is -0.127. The Labute approximate surface area is 274 Å². The van der Waals surface area contributed by atoms with Gasteiger partial charge in [0.25, 0.3) is 11.5 Å². The molecule has 1 heterocycles. The van der Waals surface area contributed by atoms with Crippen molar-refractivity contribution in [2.75, 3.05) is 6.61 Å². The predicted octanol–water partition coefficient (Wildman–Crippen LogP) is 3.64. The number of benzene rings is 3. The summed E-state index contributed by atoms with van der Waals surface area (Å²) in [4.78, 5) is 53.5. The lowest BCUT2D eigenvalue weighted by Crippen LogP contribution is -2.51. The molecule has 0 fully saturated rings. The number of para-hydroxylation sites is 1. The minimum atomic E-state index is -1.05. The predicted molar refractivity (Wildman–Crippen MR) is 181 cm³/mol. The van der Waals surface area contributed by atoms with Crippen molar-refractivity contribution < 1.29 is 19.4 Å². The van der Waals surface area contributed by atoms with E-state index in [0.717, 1.165) is 22.3 Å². The van der Waals surface area contributed by atoms with E-state index in [-0.39, 0.29) is 24.9 Å². The Bertz CT molecular complexity index is 1710. The Balaban J connectivity index is 1.56. The molecule has 0 saturated heterocycles. The van der Waals surface area contributed by atoms with Gasteiger partial charge >= 0.3 is 5.69 Å². The molecular formula is C37H44N4O6. The van der Waals surface area contributed by atoms with Crippen molar-refractivity contribution in [1.82, 2.24) is 20.2 Å². The molecule has 0 aliphatic carbocycles. The van der Waals surface area contributed by atoms with Gasteiger partial charge in [-0.3, -0.25) is 23.9 Å². The molecule has 47 heavy (non-hydrogen) atoms. The van der Waals surface area contributed by atoms with Crippen molar-refractivity contribution in [3.8, 4) is 5.75 Å². The zero-order valence-corrected chi connectivity index (χ0v) is 27.3. The van der Waals surface area contributed by atoms with Crippen LogP contribution in [0, 0.1) is 19.8 Å². The van der Waals surface area contributed by atoms with E-state index in [9.17, 15) is 24.3 Å². The number of aromatic amines is 1. The number of carbonyl (C=O) groups excluding carboxylic acids is 2. The summed E-state index contributed by atoms with van der Waals surface area (Å²) in [6.45, 7) is 7.24. The first-order chi connectivity index (χ1) is 22.5. The number of aryl methyl sites for hydroxylation is 2. The minimum Gasteiger partial charge on any atom is -0.483 e. The Hall–Kier alpha value is -4.96. The second-order valence-corrected chi connectivity index (χ2v) is 12.3. The number of nitrogens with one attached hydrogen (secondary N) is 3. The first-order valence-corrected chi connectivity index (χ1v) is 15.9. The van der Waals surface area contributed by atoms with Crippen LogP contribution in [0.3, 0.4) is 0 Å². The van der Waals surface area contributed by atoms with Crippen molar-refractivity contribution in [3.63, 3.8) is 0 Å². The molecule has 4 aromatic rings. The maximum Gasteiger partial charge on any atom is 0.329 e. The van der Waals surface area contributed by atoms with E-state index in [4.69, 9.17) is 4.74 Å². The van der Waals surface area contributed by atoms with Gasteiger partial charge in [0.1, 0.15) is 11.8 Å². The van der Waals surface area contributed by atoms with Crippen LogP contribution in [0.5, 0.6) is 5.75 Å². The van der Waals surface area contributed by atoms with Gasteiger partial charge < -0.3 is 20.5 Å². The molecule has 0 spiro atoms. The van der Waals surface area contributed by atoms with Crippen LogP contribution in [0.4, 0.5) is 0 Å². The summed E-state index contributed by atoms with van der Waals surface area (Å²) >= 11 is 0. The molecular weight excluding hydrogens is 596 g/mol. The summed E-state index contributed by atoms with van der Waals surface area (Å²) in [5.74, 6) is -0.445. The van der Waals surface area contributed by atoms with Crippen LogP contribution in [0.15, 0.2) is 101 Å². The molecule has 0 radical (unpaired) electrons. The molecule has 248 valence electrons. The number of amides is 2. The van der Waals surface area contributed by atoms with Crippen molar-refractivity contribution in [2.45, 2.75) is 71.2 Å². The molecule has 0 bridgehead atoms. The highest BCUT2D eigenvalue weighted by atomic mass is 16.5. The number of aromatic nitrogens is 2. The van der Waals surface area contributed by atoms with Gasteiger partial charge in [-0.2, -0.15) is 0 Å². The molecule has 3 aromatic carbocycles. The standard InChI is InChI=1S/C37H44N4O6/c1-24(2)34(41-19-18-32(43)40-37(41)46)36(45)38-29(20-27-14-7-5-8-15-27)22-31(42)30(21-28-16-9-6-10-17-28)39-33(44)23-47-35-25(3)12-11-13-26(35)4/h5-19,24,29-31,34,42H,20-23H2,1-4H3,(H,38,45)(H,39,44)(H,40,43,46). The number of carbonyl (C=O) groups is 2. The maximum absolute atomic E-state index is 13.8. The summed E-state index contributed by atoms with van der Waals surface area (Å²) in [5, 5.41) is 17.7. The summed E-state index contributed by atoms with van der Waals surface area (Å²) in [6, 6.07) is 23.9. The number of ether oxygens (including phenoxy) is 1. The van der Waals surface area contributed by atoms with Crippen molar-refractivity contribution in [1.29, 1.82) is 0 Å². The molecule has 2 amide bonds. The van der Waals surface area contributed by atoms with Gasteiger partial charge in [-0.25, -0.2) is 4.79 Å². The summed E-state index contributed by atoms with van der Waals surface area (Å²) in [7, 11) is 0. The topological polar surface area (TPSA) is 143 Å². The van der Waals surface area contributed by atoms with Gasteiger partial charge in [0.15, 0.2) is 6.61 Å². The lowest BCUT2D eigenvalue weighted by Gasteiger charge is -2.30. The highest BCUT2D eigenvalue weighted by Gasteiger charge is 2.30. The molecule has 1 aromatic heterocycles. The fraction of sp³-hybridized carbons (Fsp3) is 0.351. The average Bonchev–Trinajstić information content (AvgIpc) is 3.02. The van der Waals surface area contributed by atoms with E-state index in [0.29, 0.717) is 18.6 Å².